The van der Waals surface area contributed by atoms with Gasteiger partial charge in [0.15, 0.2) is 0 Å². The maximum absolute atomic E-state index is 11.8. The zero-order chi connectivity index (χ0) is 15.6. The van der Waals surface area contributed by atoms with Crippen LogP contribution >= 0.6 is 0 Å². The molecule has 2 heterocycles. The fourth-order valence-electron chi connectivity index (χ4n) is 1.79. The highest BCUT2D eigenvalue weighted by Gasteiger charge is 2.13. The summed E-state index contributed by atoms with van der Waals surface area (Å²) < 4.78 is 6.15. The third kappa shape index (κ3) is 3.16. The van der Waals surface area contributed by atoms with Crippen molar-refractivity contribution >= 4 is 11.7 Å². The Hall–Kier alpha value is -2.48. The Kier molecular flexibility index (Phi) is 4.18. The van der Waals surface area contributed by atoms with Gasteiger partial charge >= 0.3 is 0 Å². The van der Waals surface area contributed by atoms with E-state index in [-0.39, 0.29) is 24.0 Å². The summed E-state index contributed by atoms with van der Waals surface area (Å²) in [6.07, 6.45) is 0. The number of aromatic nitrogens is 4. The van der Waals surface area contributed by atoms with Gasteiger partial charge in [0, 0.05) is 24.4 Å². The van der Waals surface area contributed by atoms with Crippen molar-refractivity contribution < 1.29 is 9.53 Å². The topological polar surface area (TPSA) is 102 Å². The lowest BCUT2D eigenvalue weighted by Crippen LogP contribution is -2.22. The molecule has 0 spiro atoms. The number of methoxy groups -OCH3 is 1. The summed E-state index contributed by atoms with van der Waals surface area (Å²) in [6.45, 7) is 5.15. The van der Waals surface area contributed by atoms with Crippen LogP contribution < -0.4 is 10.9 Å². The van der Waals surface area contributed by atoms with Crippen molar-refractivity contribution in [1.29, 1.82) is 0 Å². The molecule has 2 aromatic heterocycles. The van der Waals surface area contributed by atoms with E-state index >= 15 is 0 Å². The van der Waals surface area contributed by atoms with Crippen LogP contribution in [0.15, 0.2) is 10.9 Å². The van der Waals surface area contributed by atoms with E-state index in [0.29, 0.717) is 22.8 Å². The van der Waals surface area contributed by atoms with Crippen LogP contribution in [0, 0.1) is 20.8 Å². The van der Waals surface area contributed by atoms with Crippen molar-refractivity contribution in [1.82, 2.24) is 19.7 Å². The van der Waals surface area contributed by atoms with E-state index in [1.54, 1.807) is 26.8 Å². The molecule has 112 valence electrons. The van der Waals surface area contributed by atoms with E-state index < -0.39 is 0 Å². The van der Waals surface area contributed by atoms with Crippen molar-refractivity contribution in [2.45, 2.75) is 20.8 Å². The van der Waals surface area contributed by atoms with Crippen LogP contribution in [-0.4, -0.2) is 39.4 Å². The average molecular weight is 291 g/mol. The quantitative estimate of drug-likeness (QED) is 0.852. The van der Waals surface area contributed by atoms with Crippen LogP contribution in [0.5, 0.6) is 0 Å². The molecule has 0 bridgehead atoms. The molecule has 0 unspecified atom stereocenters. The molecule has 0 atom stereocenters. The van der Waals surface area contributed by atoms with Crippen molar-refractivity contribution in [3.63, 3.8) is 0 Å². The molecular weight excluding hydrogens is 274 g/mol. The summed E-state index contributed by atoms with van der Waals surface area (Å²) in [7, 11) is 1.44. The Balaban J connectivity index is 2.45. The van der Waals surface area contributed by atoms with Gasteiger partial charge in [-0.25, -0.2) is 4.98 Å². The molecule has 0 aliphatic heterocycles. The van der Waals surface area contributed by atoms with E-state index in [2.05, 4.69) is 20.4 Å². The number of amides is 1. The maximum Gasteiger partial charge on any atom is 0.255 e. The maximum atomic E-state index is 11.8. The van der Waals surface area contributed by atoms with Gasteiger partial charge in [0.25, 0.3) is 11.5 Å². The standard InChI is InChI=1S/C13H17N5O3/c1-7-5-10(15-11(19)6-21-4)18(17-7)13-14-9(3)8(2)12(20)16-13/h5H,6H2,1-4H3,(H,15,19)(H,14,16,20). The van der Waals surface area contributed by atoms with Crippen molar-refractivity contribution in [3.05, 3.63) is 33.4 Å². The van der Waals surface area contributed by atoms with Gasteiger partial charge < -0.3 is 10.1 Å². The van der Waals surface area contributed by atoms with Gasteiger partial charge in [-0.1, -0.05) is 0 Å². The molecule has 2 N–H and O–H groups in total. The highest BCUT2D eigenvalue weighted by molar-refractivity contribution is 5.91. The van der Waals surface area contributed by atoms with E-state index in [1.807, 2.05) is 0 Å². The van der Waals surface area contributed by atoms with E-state index in [4.69, 9.17) is 4.74 Å². The predicted molar refractivity (Wildman–Crippen MR) is 76.7 cm³/mol. The van der Waals surface area contributed by atoms with Crippen LogP contribution in [0.1, 0.15) is 17.0 Å². The zero-order valence-electron chi connectivity index (χ0n) is 12.4. The number of nitrogens with zero attached hydrogens (tertiary/aromatic N) is 3. The normalized spacial score (nSPS) is 10.7. The van der Waals surface area contributed by atoms with Gasteiger partial charge in [-0.2, -0.15) is 9.78 Å². The first-order valence-electron chi connectivity index (χ1n) is 6.35. The summed E-state index contributed by atoms with van der Waals surface area (Å²) in [6, 6.07) is 1.68. The number of aryl methyl sites for hydroxylation is 2. The summed E-state index contributed by atoms with van der Waals surface area (Å²) in [5.41, 5.74) is 1.60. The number of carbonyl (C=O) groups is 1. The molecule has 0 aliphatic carbocycles. The number of carbonyl (C=O) groups excluding carboxylic acids is 1. The second-order valence-electron chi connectivity index (χ2n) is 4.66. The molecule has 8 heteroatoms. The third-order valence-corrected chi connectivity index (χ3v) is 2.96. The first-order chi connectivity index (χ1) is 9.92. The Labute approximate surface area is 121 Å². The molecule has 0 saturated carbocycles. The number of ether oxygens (including phenoxy) is 1. The Morgan fingerprint density at radius 3 is 2.76 bits per heavy atom. The van der Waals surface area contributed by atoms with Crippen molar-refractivity contribution in [2.24, 2.45) is 0 Å². The van der Waals surface area contributed by atoms with Crippen LogP contribution in [0.25, 0.3) is 5.95 Å². The number of hydrogen-bond donors (Lipinski definition) is 2. The lowest BCUT2D eigenvalue weighted by Gasteiger charge is -2.08. The zero-order valence-corrected chi connectivity index (χ0v) is 12.4. The Morgan fingerprint density at radius 2 is 2.14 bits per heavy atom. The summed E-state index contributed by atoms with van der Waals surface area (Å²) in [5.74, 6) is 0.356. The first-order valence-corrected chi connectivity index (χ1v) is 6.35. The molecule has 0 aliphatic rings. The highest BCUT2D eigenvalue weighted by atomic mass is 16.5. The highest BCUT2D eigenvalue weighted by Crippen LogP contribution is 2.14. The van der Waals surface area contributed by atoms with E-state index in [9.17, 15) is 9.59 Å². The summed E-state index contributed by atoms with van der Waals surface area (Å²) in [5, 5.41) is 6.89. The van der Waals surface area contributed by atoms with Crippen LogP contribution in [0.4, 0.5) is 5.82 Å². The van der Waals surface area contributed by atoms with Gasteiger partial charge in [0.1, 0.15) is 12.4 Å². The molecule has 1 amide bonds. The lowest BCUT2D eigenvalue weighted by atomic mass is 10.3. The molecule has 0 saturated heterocycles. The van der Waals surface area contributed by atoms with E-state index in [0.717, 1.165) is 0 Å². The van der Waals surface area contributed by atoms with E-state index in [1.165, 1.54) is 11.8 Å². The Morgan fingerprint density at radius 1 is 1.43 bits per heavy atom. The monoisotopic (exact) mass is 291 g/mol. The number of hydrogen-bond acceptors (Lipinski definition) is 5. The minimum atomic E-state index is -0.315. The number of nitrogens with one attached hydrogen (secondary N) is 2. The predicted octanol–water partition coefficient (Wildman–Crippen LogP) is 0.466. The van der Waals surface area contributed by atoms with Gasteiger partial charge in [-0.05, 0) is 20.8 Å². The third-order valence-electron chi connectivity index (χ3n) is 2.96. The molecule has 2 aromatic rings. The molecule has 8 nitrogen and oxygen atoms in total. The molecule has 0 aromatic carbocycles. The molecular formula is C13H17N5O3. The van der Waals surface area contributed by atoms with Gasteiger partial charge in [0.05, 0.1) is 5.69 Å². The second kappa shape index (κ2) is 5.88. The fraction of sp³-hybridized carbons (Fsp3) is 0.385. The summed E-state index contributed by atoms with van der Waals surface area (Å²) in [4.78, 5) is 30.4. The van der Waals surface area contributed by atoms with Crippen LogP contribution in [-0.2, 0) is 9.53 Å². The minimum Gasteiger partial charge on any atom is -0.375 e. The van der Waals surface area contributed by atoms with Gasteiger partial charge in [-0.3, -0.25) is 14.6 Å². The number of H-pyrrole nitrogens is 1. The smallest absolute Gasteiger partial charge is 0.255 e. The average Bonchev–Trinajstić information content (AvgIpc) is 2.76. The molecule has 0 fully saturated rings. The first kappa shape index (κ1) is 14.9. The van der Waals surface area contributed by atoms with Gasteiger partial charge in [-0.15, -0.1) is 0 Å². The van der Waals surface area contributed by atoms with Crippen molar-refractivity contribution in [2.75, 3.05) is 19.0 Å². The largest absolute Gasteiger partial charge is 0.375 e. The second-order valence-corrected chi connectivity index (χ2v) is 4.66. The SMILES string of the molecule is COCC(=O)Nc1cc(C)nn1-c1nc(C)c(C)c(=O)[nH]1. The van der Waals surface area contributed by atoms with Gasteiger partial charge in [0.2, 0.25) is 5.95 Å². The number of aromatic amines is 1. The molecule has 21 heavy (non-hydrogen) atoms. The van der Waals surface area contributed by atoms with Crippen LogP contribution in [0.3, 0.4) is 0 Å². The minimum absolute atomic E-state index is 0.0684. The lowest BCUT2D eigenvalue weighted by molar-refractivity contribution is -0.119. The van der Waals surface area contributed by atoms with Crippen molar-refractivity contribution in [3.8, 4) is 5.95 Å². The Bertz CT molecular complexity index is 732. The fourth-order valence-corrected chi connectivity index (χ4v) is 1.79. The van der Waals surface area contributed by atoms with Crippen LogP contribution in [0.2, 0.25) is 0 Å². The summed E-state index contributed by atoms with van der Waals surface area (Å²) >= 11 is 0. The molecule has 0 radical (unpaired) electrons. The number of rotatable bonds is 4. The number of anilines is 1. The molecule has 2 rings (SSSR count).